The SMILES string of the molecule is Oc1ccc(C=C(C=Cc2ccccc2)C=Cc2ccccc2)cc1. The maximum absolute atomic E-state index is 9.45. The maximum atomic E-state index is 9.45. The summed E-state index contributed by atoms with van der Waals surface area (Å²) in [6.07, 6.45) is 10.5. The molecule has 1 N–H and O–H groups in total. The van der Waals surface area contributed by atoms with E-state index in [2.05, 4.69) is 54.6 Å². The molecule has 3 aromatic rings. The van der Waals surface area contributed by atoms with Gasteiger partial charge in [0.15, 0.2) is 0 Å². The molecule has 3 rings (SSSR count). The van der Waals surface area contributed by atoms with E-state index in [1.807, 2.05) is 48.5 Å². The van der Waals surface area contributed by atoms with Gasteiger partial charge in [-0.2, -0.15) is 0 Å². The minimum atomic E-state index is 0.276. The molecular weight excluding hydrogens is 304 g/mol. The standard InChI is InChI=1S/C24H20O/c25-24-17-15-23(16-18-24)19-22(13-11-20-7-3-1-4-8-20)14-12-21-9-5-2-6-10-21/h1-19,25H. The molecule has 1 nitrogen and oxygen atoms in total. The summed E-state index contributed by atoms with van der Waals surface area (Å²) in [5.74, 6) is 0.276. The van der Waals surface area contributed by atoms with Gasteiger partial charge in [-0.25, -0.2) is 0 Å². The van der Waals surface area contributed by atoms with E-state index in [1.165, 1.54) is 0 Å². The lowest BCUT2D eigenvalue weighted by Gasteiger charge is -1.99. The third-order valence-corrected chi connectivity index (χ3v) is 3.76. The van der Waals surface area contributed by atoms with Crippen molar-refractivity contribution in [1.29, 1.82) is 0 Å². The second kappa shape index (κ2) is 8.51. The Morgan fingerprint density at radius 1 is 0.560 bits per heavy atom. The fraction of sp³-hybridized carbons (Fsp3) is 0. The first-order valence-corrected chi connectivity index (χ1v) is 8.27. The van der Waals surface area contributed by atoms with Gasteiger partial charge >= 0.3 is 0 Å². The quantitative estimate of drug-likeness (QED) is 0.554. The highest BCUT2D eigenvalue weighted by Gasteiger charge is 1.93. The largest absolute Gasteiger partial charge is 0.508 e. The average molecular weight is 324 g/mol. The van der Waals surface area contributed by atoms with Crippen LogP contribution in [0, 0.1) is 0 Å². The summed E-state index contributed by atoms with van der Waals surface area (Å²) in [4.78, 5) is 0. The van der Waals surface area contributed by atoms with Crippen molar-refractivity contribution in [2.24, 2.45) is 0 Å². The third-order valence-electron chi connectivity index (χ3n) is 3.76. The van der Waals surface area contributed by atoms with Crippen LogP contribution < -0.4 is 0 Å². The molecule has 1 heteroatoms. The van der Waals surface area contributed by atoms with Crippen molar-refractivity contribution in [3.63, 3.8) is 0 Å². The first kappa shape index (κ1) is 16.5. The number of phenols is 1. The molecule has 0 saturated carbocycles. The van der Waals surface area contributed by atoms with Gasteiger partial charge in [-0.1, -0.05) is 97.1 Å². The highest BCUT2D eigenvalue weighted by molar-refractivity contribution is 5.68. The minimum Gasteiger partial charge on any atom is -0.508 e. The second-order valence-electron chi connectivity index (χ2n) is 5.72. The molecule has 122 valence electrons. The van der Waals surface area contributed by atoms with Gasteiger partial charge < -0.3 is 5.11 Å². The molecule has 0 aliphatic carbocycles. The Bertz CT molecular complexity index is 819. The number of hydrogen-bond acceptors (Lipinski definition) is 1. The zero-order valence-corrected chi connectivity index (χ0v) is 13.9. The summed E-state index contributed by atoms with van der Waals surface area (Å²) in [5, 5.41) is 9.45. The summed E-state index contributed by atoms with van der Waals surface area (Å²) in [5.41, 5.74) is 4.45. The molecule has 0 heterocycles. The summed E-state index contributed by atoms with van der Waals surface area (Å²) < 4.78 is 0. The lowest BCUT2D eigenvalue weighted by molar-refractivity contribution is 0.475. The van der Waals surface area contributed by atoms with E-state index in [0.717, 1.165) is 22.3 Å². The molecule has 0 fully saturated rings. The van der Waals surface area contributed by atoms with Crippen LogP contribution in [0.4, 0.5) is 0 Å². The van der Waals surface area contributed by atoms with Gasteiger partial charge in [0, 0.05) is 0 Å². The van der Waals surface area contributed by atoms with E-state index in [-0.39, 0.29) is 5.75 Å². The summed E-state index contributed by atoms with van der Waals surface area (Å²) in [6, 6.07) is 27.7. The van der Waals surface area contributed by atoms with Gasteiger partial charge in [0.2, 0.25) is 0 Å². The van der Waals surface area contributed by atoms with Crippen LogP contribution in [0.3, 0.4) is 0 Å². The van der Waals surface area contributed by atoms with Crippen LogP contribution in [-0.4, -0.2) is 5.11 Å². The van der Waals surface area contributed by atoms with Crippen molar-refractivity contribution < 1.29 is 5.11 Å². The smallest absolute Gasteiger partial charge is 0.115 e. The van der Waals surface area contributed by atoms with Crippen LogP contribution >= 0.6 is 0 Å². The highest BCUT2D eigenvalue weighted by atomic mass is 16.3. The molecule has 0 saturated heterocycles. The van der Waals surface area contributed by atoms with E-state index < -0.39 is 0 Å². The van der Waals surface area contributed by atoms with Crippen LogP contribution in [0.5, 0.6) is 5.75 Å². The topological polar surface area (TPSA) is 20.2 Å². The monoisotopic (exact) mass is 324 g/mol. The van der Waals surface area contributed by atoms with E-state index in [9.17, 15) is 5.11 Å². The summed E-state index contributed by atoms with van der Waals surface area (Å²) in [6.45, 7) is 0. The Kier molecular flexibility index (Phi) is 5.63. The number of phenolic OH excluding ortho intramolecular Hbond substituents is 1. The molecule has 0 atom stereocenters. The first-order valence-electron chi connectivity index (χ1n) is 8.27. The molecule has 0 radical (unpaired) electrons. The third kappa shape index (κ3) is 5.36. The van der Waals surface area contributed by atoms with Gasteiger partial charge in [0.1, 0.15) is 5.75 Å². The molecular formula is C24H20O. The zero-order valence-electron chi connectivity index (χ0n) is 13.9. The van der Waals surface area contributed by atoms with Gasteiger partial charge in [-0.15, -0.1) is 0 Å². The van der Waals surface area contributed by atoms with Crippen molar-refractivity contribution in [1.82, 2.24) is 0 Å². The predicted molar refractivity (Wildman–Crippen MR) is 107 cm³/mol. The van der Waals surface area contributed by atoms with Crippen LogP contribution in [-0.2, 0) is 0 Å². The molecule has 25 heavy (non-hydrogen) atoms. The number of allylic oxidation sites excluding steroid dienone is 3. The lowest BCUT2D eigenvalue weighted by Crippen LogP contribution is -1.77. The van der Waals surface area contributed by atoms with Crippen LogP contribution in [0.15, 0.2) is 103 Å². The van der Waals surface area contributed by atoms with E-state index in [0.29, 0.717) is 0 Å². The second-order valence-corrected chi connectivity index (χ2v) is 5.72. The Hall–Kier alpha value is -3.32. The molecule has 0 spiro atoms. The van der Waals surface area contributed by atoms with Crippen LogP contribution in [0.25, 0.3) is 18.2 Å². The number of aromatic hydroxyl groups is 1. The van der Waals surface area contributed by atoms with Crippen LogP contribution in [0.2, 0.25) is 0 Å². The van der Waals surface area contributed by atoms with Crippen LogP contribution in [0.1, 0.15) is 16.7 Å². The van der Waals surface area contributed by atoms with Crippen molar-refractivity contribution in [3.8, 4) is 5.75 Å². The van der Waals surface area contributed by atoms with Gasteiger partial charge in [-0.05, 0) is 40.5 Å². The van der Waals surface area contributed by atoms with Crippen molar-refractivity contribution in [3.05, 3.63) is 119 Å². The molecule has 0 aliphatic rings. The number of rotatable bonds is 5. The van der Waals surface area contributed by atoms with Gasteiger partial charge in [0.25, 0.3) is 0 Å². The molecule has 0 aliphatic heterocycles. The predicted octanol–water partition coefficient (Wildman–Crippen LogP) is 6.20. The lowest BCUT2D eigenvalue weighted by atomic mass is 10.1. The van der Waals surface area contributed by atoms with E-state index >= 15 is 0 Å². The summed E-state index contributed by atoms with van der Waals surface area (Å²) in [7, 11) is 0. The van der Waals surface area contributed by atoms with Gasteiger partial charge in [0.05, 0.1) is 0 Å². The van der Waals surface area contributed by atoms with E-state index in [1.54, 1.807) is 12.1 Å². The molecule has 3 aromatic carbocycles. The maximum Gasteiger partial charge on any atom is 0.115 e. The molecule has 0 unspecified atom stereocenters. The normalized spacial score (nSPS) is 11.0. The Balaban J connectivity index is 1.89. The number of benzene rings is 3. The van der Waals surface area contributed by atoms with Crippen molar-refractivity contribution >= 4 is 18.2 Å². The minimum absolute atomic E-state index is 0.276. The van der Waals surface area contributed by atoms with Crippen molar-refractivity contribution in [2.45, 2.75) is 0 Å². The Morgan fingerprint density at radius 3 is 1.52 bits per heavy atom. The fourth-order valence-corrected chi connectivity index (χ4v) is 2.43. The first-order chi connectivity index (χ1) is 12.3. The summed E-state index contributed by atoms with van der Waals surface area (Å²) >= 11 is 0. The van der Waals surface area contributed by atoms with E-state index in [4.69, 9.17) is 0 Å². The molecule has 0 amide bonds. The Labute approximate surface area is 148 Å². The molecule has 0 bridgehead atoms. The molecule has 0 aromatic heterocycles. The number of hydrogen-bond donors (Lipinski definition) is 1. The fourth-order valence-electron chi connectivity index (χ4n) is 2.43. The highest BCUT2D eigenvalue weighted by Crippen LogP contribution is 2.16. The van der Waals surface area contributed by atoms with Gasteiger partial charge in [-0.3, -0.25) is 0 Å². The Morgan fingerprint density at radius 2 is 1.04 bits per heavy atom. The zero-order chi connectivity index (χ0) is 17.3. The average Bonchev–Trinajstić information content (AvgIpc) is 2.67. The van der Waals surface area contributed by atoms with Crippen molar-refractivity contribution in [2.75, 3.05) is 0 Å².